The Morgan fingerprint density at radius 3 is 2.20 bits per heavy atom. The van der Waals surface area contributed by atoms with Gasteiger partial charge in [-0.3, -0.25) is 14.5 Å². The zero-order chi connectivity index (χ0) is 24.7. The standard InChI is InChI=1S/C28H35N3O4/c1-21(25(32)30-24-15-9-4-10-16-24)29-26(33)28(19-22-11-5-2-6-12-22)17-18-31(28)27(34)35-20-23-13-7-3-8-14-23/h2-3,5-8,11-14,21,24H,4,9-10,15-20H2,1H3,(H,29,33)(H,30,32)/t21-,28-/m0/s1. The highest BCUT2D eigenvalue weighted by Crippen LogP contribution is 2.35. The highest BCUT2D eigenvalue weighted by Gasteiger charge is 2.54. The molecule has 35 heavy (non-hydrogen) atoms. The molecule has 2 atom stereocenters. The monoisotopic (exact) mass is 477 g/mol. The van der Waals surface area contributed by atoms with E-state index >= 15 is 0 Å². The van der Waals surface area contributed by atoms with Gasteiger partial charge in [-0.1, -0.05) is 79.9 Å². The Morgan fingerprint density at radius 1 is 0.971 bits per heavy atom. The Labute approximate surface area is 207 Å². The van der Waals surface area contributed by atoms with Gasteiger partial charge in [0, 0.05) is 19.0 Å². The second-order valence-corrected chi connectivity index (χ2v) is 9.67. The summed E-state index contributed by atoms with van der Waals surface area (Å²) in [6, 6.07) is 18.6. The molecule has 186 valence electrons. The highest BCUT2D eigenvalue weighted by molar-refractivity contribution is 5.95. The van der Waals surface area contributed by atoms with Gasteiger partial charge in [-0.2, -0.15) is 0 Å². The summed E-state index contributed by atoms with van der Waals surface area (Å²) in [6.45, 7) is 2.26. The molecule has 1 aliphatic carbocycles. The third-order valence-corrected chi connectivity index (χ3v) is 7.15. The topological polar surface area (TPSA) is 87.7 Å². The van der Waals surface area contributed by atoms with Crippen LogP contribution in [0.1, 0.15) is 56.6 Å². The average molecular weight is 478 g/mol. The average Bonchev–Trinajstić information content (AvgIpc) is 2.87. The number of amides is 3. The first kappa shape index (κ1) is 24.8. The molecule has 0 unspecified atom stereocenters. The Morgan fingerprint density at radius 2 is 1.60 bits per heavy atom. The molecule has 7 heteroatoms. The van der Waals surface area contributed by atoms with Crippen molar-refractivity contribution in [1.29, 1.82) is 0 Å². The molecule has 2 N–H and O–H groups in total. The van der Waals surface area contributed by atoms with E-state index in [2.05, 4.69) is 10.6 Å². The van der Waals surface area contributed by atoms with Crippen LogP contribution in [0, 0.1) is 0 Å². The minimum absolute atomic E-state index is 0.138. The Hall–Kier alpha value is -3.35. The molecule has 0 aromatic heterocycles. The lowest BCUT2D eigenvalue weighted by molar-refractivity contribution is -0.143. The van der Waals surface area contributed by atoms with Crippen molar-refractivity contribution in [3.05, 3.63) is 71.8 Å². The Kier molecular flexibility index (Phi) is 8.06. The first-order valence-corrected chi connectivity index (χ1v) is 12.6. The van der Waals surface area contributed by atoms with Gasteiger partial charge in [0.05, 0.1) is 0 Å². The van der Waals surface area contributed by atoms with Crippen LogP contribution in [0.4, 0.5) is 4.79 Å². The lowest BCUT2D eigenvalue weighted by atomic mass is 9.78. The minimum atomic E-state index is -1.09. The predicted octanol–water partition coefficient (Wildman–Crippen LogP) is 3.96. The summed E-state index contributed by atoms with van der Waals surface area (Å²) in [5, 5.41) is 5.97. The number of nitrogens with zero attached hydrogens (tertiary/aromatic N) is 1. The molecule has 2 aromatic carbocycles. The van der Waals surface area contributed by atoms with Crippen LogP contribution >= 0.6 is 0 Å². The van der Waals surface area contributed by atoms with Crippen molar-refractivity contribution in [1.82, 2.24) is 15.5 Å². The largest absolute Gasteiger partial charge is 0.445 e. The first-order chi connectivity index (χ1) is 17.0. The van der Waals surface area contributed by atoms with Crippen LogP contribution < -0.4 is 10.6 Å². The van der Waals surface area contributed by atoms with Crippen LogP contribution in [-0.2, 0) is 27.4 Å². The number of nitrogens with one attached hydrogen (secondary N) is 2. The lowest BCUT2D eigenvalue weighted by Crippen LogP contribution is -2.71. The highest BCUT2D eigenvalue weighted by atomic mass is 16.6. The van der Waals surface area contributed by atoms with E-state index in [9.17, 15) is 14.4 Å². The number of hydrogen-bond acceptors (Lipinski definition) is 4. The van der Waals surface area contributed by atoms with Gasteiger partial charge in [-0.15, -0.1) is 0 Å². The number of likely N-dealkylation sites (tertiary alicyclic amines) is 1. The van der Waals surface area contributed by atoms with Gasteiger partial charge < -0.3 is 15.4 Å². The maximum atomic E-state index is 13.6. The van der Waals surface area contributed by atoms with Gasteiger partial charge in [0.15, 0.2) is 0 Å². The number of ether oxygens (including phenoxy) is 1. The molecule has 2 fully saturated rings. The van der Waals surface area contributed by atoms with E-state index in [0.717, 1.165) is 36.8 Å². The fourth-order valence-electron chi connectivity index (χ4n) is 4.96. The number of carbonyl (C=O) groups excluding carboxylic acids is 3. The van der Waals surface area contributed by atoms with Gasteiger partial charge in [-0.05, 0) is 37.3 Å². The third kappa shape index (κ3) is 6.02. The molecule has 1 heterocycles. The maximum Gasteiger partial charge on any atom is 0.411 e. The number of benzene rings is 2. The van der Waals surface area contributed by atoms with Crippen LogP contribution in [0.15, 0.2) is 60.7 Å². The van der Waals surface area contributed by atoms with E-state index in [4.69, 9.17) is 4.74 Å². The zero-order valence-corrected chi connectivity index (χ0v) is 20.4. The van der Waals surface area contributed by atoms with Gasteiger partial charge in [0.25, 0.3) is 0 Å². The molecular formula is C28H35N3O4. The molecule has 0 spiro atoms. The summed E-state index contributed by atoms with van der Waals surface area (Å²) >= 11 is 0. The van der Waals surface area contributed by atoms with Gasteiger partial charge in [0.2, 0.25) is 11.8 Å². The Balaban J connectivity index is 1.44. The van der Waals surface area contributed by atoms with Gasteiger partial charge in [0.1, 0.15) is 18.2 Å². The van der Waals surface area contributed by atoms with Crippen molar-refractivity contribution in [3.63, 3.8) is 0 Å². The van der Waals surface area contributed by atoms with Crippen molar-refractivity contribution in [2.24, 2.45) is 0 Å². The summed E-state index contributed by atoms with van der Waals surface area (Å²) in [5.74, 6) is -0.506. The Bertz CT molecular complexity index is 1010. The molecule has 3 amide bonds. The summed E-state index contributed by atoms with van der Waals surface area (Å²) in [7, 11) is 0. The van der Waals surface area contributed by atoms with Crippen molar-refractivity contribution >= 4 is 17.9 Å². The summed E-state index contributed by atoms with van der Waals surface area (Å²) < 4.78 is 5.56. The summed E-state index contributed by atoms with van der Waals surface area (Å²) in [4.78, 5) is 40.9. The molecule has 2 aliphatic rings. The summed E-state index contributed by atoms with van der Waals surface area (Å²) in [6.07, 6.45) is 5.73. The van der Waals surface area contributed by atoms with E-state index in [-0.39, 0.29) is 24.5 Å². The second-order valence-electron chi connectivity index (χ2n) is 9.67. The SMILES string of the molecule is C[C@H](NC(=O)[C@@]1(Cc2ccccc2)CCN1C(=O)OCc1ccccc1)C(=O)NC1CCCCC1. The van der Waals surface area contributed by atoms with E-state index in [1.165, 1.54) is 11.3 Å². The molecule has 0 radical (unpaired) electrons. The maximum absolute atomic E-state index is 13.6. The number of rotatable bonds is 8. The first-order valence-electron chi connectivity index (χ1n) is 12.6. The van der Waals surface area contributed by atoms with Crippen LogP contribution in [-0.4, -0.2) is 47.0 Å². The quantitative estimate of drug-likeness (QED) is 0.602. The van der Waals surface area contributed by atoms with Crippen molar-refractivity contribution < 1.29 is 19.1 Å². The fourth-order valence-corrected chi connectivity index (χ4v) is 4.96. The minimum Gasteiger partial charge on any atom is -0.445 e. The van der Waals surface area contributed by atoms with Crippen molar-refractivity contribution in [3.8, 4) is 0 Å². The van der Waals surface area contributed by atoms with Crippen LogP contribution in [0.2, 0.25) is 0 Å². The molecule has 1 saturated heterocycles. The smallest absolute Gasteiger partial charge is 0.411 e. The van der Waals surface area contributed by atoms with Crippen LogP contribution in [0.5, 0.6) is 0 Å². The van der Waals surface area contributed by atoms with E-state index in [1.807, 2.05) is 60.7 Å². The summed E-state index contributed by atoms with van der Waals surface area (Å²) in [5.41, 5.74) is 0.740. The molecule has 1 aliphatic heterocycles. The fraction of sp³-hybridized carbons (Fsp3) is 0.464. The van der Waals surface area contributed by atoms with Gasteiger partial charge in [-0.25, -0.2) is 4.79 Å². The molecule has 7 nitrogen and oxygen atoms in total. The van der Waals surface area contributed by atoms with Gasteiger partial charge >= 0.3 is 6.09 Å². The van der Waals surface area contributed by atoms with Crippen molar-refractivity contribution in [2.45, 2.75) is 76.1 Å². The number of hydrogen-bond donors (Lipinski definition) is 2. The van der Waals surface area contributed by atoms with E-state index in [0.29, 0.717) is 19.4 Å². The molecule has 1 saturated carbocycles. The zero-order valence-electron chi connectivity index (χ0n) is 20.4. The van der Waals surface area contributed by atoms with E-state index in [1.54, 1.807) is 6.92 Å². The molecule has 2 aromatic rings. The molecular weight excluding hydrogens is 442 g/mol. The van der Waals surface area contributed by atoms with Crippen LogP contribution in [0.3, 0.4) is 0 Å². The molecule has 0 bridgehead atoms. The van der Waals surface area contributed by atoms with Crippen molar-refractivity contribution in [2.75, 3.05) is 6.54 Å². The predicted molar refractivity (Wildman–Crippen MR) is 133 cm³/mol. The van der Waals surface area contributed by atoms with Crippen LogP contribution in [0.25, 0.3) is 0 Å². The third-order valence-electron chi connectivity index (χ3n) is 7.15. The lowest BCUT2D eigenvalue weighted by Gasteiger charge is -2.50. The number of carbonyl (C=O) groups is 3. The second kappa shape index (κ2) is 11.4. The van der Waals surface area contributed by atoms with E-state index < -0.39 is 17.7 Å². The molecule has 4 rings (SSSR count). The normalized spacial score (nSPS) is 20.9.